The van der Waals surface area contributed by atoms with Crippen molar-refractivity contribution in [1.29, 1.82) is 0 Å². The maximum Gasteiger partial charge on any atom is 0.307 e. The lowest BCUT2D eigenvalue weighted by Crippen LogP contribution is -2.33. The molecule has 152 valence electrons. The first-order chi connectivity index (χ1) is 14.0. The monoisotopic (exact) mass is 401 g/mol. The number of carbonyl (C=O) groups is 1. The van der Waals surface area contributed by atoms with Crippen LogP contribution in [0.5, 0.6) is 0 Å². The molecule has 2 aromatic heterocycles. The predicted molar refractivity (Wildman–Crippen MR) is 99.4 cm³/mol. The van der Waals surface area contributed by atoms with Crippen molar-refractivity contribution >= 4 is 28.6 Å². The van der Waals surface area contributed by atoms with Gasteiger partial charge in [0.25, 0.3) is 0 Å². The lowest BCUT2D eigenvalue weighted by Gasteiger charge is -2.16. The molecule has 3 aromatic rings. The van der Waals surface area contributed by atoms with Crippen LogP contribution in [-0.4, -0.2) is 70.8 Å². The van der Waals surface area contributed by atoms with E-state index in [4.69, 9.17) is 9.84 Å². The Balaban J connectivity index is 1.60. The van der Waals surface area contributed by atoms with Gasteiger partial charge in [-0.2, -0.15) is 0 Å². The molecule has 3 heterocycles. The smallest absolute Gasteiger partial charge is 0.307 e. The van der Waals surface area contributed by atoms with Crippen LogP contribution in [0, 0.1) is 0 Å². The number of nitrogens with zero attached hydrogens (tertiary/aromatic N) is 4. The van der Waals surface area contributed by atoms with Gasteiger partial charge in [0.1, 0.15) is 24.6 Å². The molecule has 0 spiro atoms. The van der Waals surface area contributed by atoms with E-state index in [1.165, 1.54) is 17.2 Å². The highest BCUT2D eigenvalue weighted by atomic mass is 16.6. The van der Waals surface area contributed by atoms with Gasteiger partial charge < -0.3 is 30.5 Å². The van der Waals surface area contributed by atoms with Crippen LogP contribution in [-0.2, 0) is 16.0 Å². The largest absolute Gasteiger partial charge is 0.481 e. The molecule has 0 radical (unpaired) electrons. The normalized spacial score (nSPS) is 24.1. The van der Waals surface area contributed by atoms with Gasteiger partial charge in [-0.05, 0) is 17.7 Å². The second-order valence-electron chi connectivity index (χ2n) is 6.67. The highest BCUT2D eigenvalue weighted by molar-refractivity contribution is 5.85. The number of carboxylic acid groups (broad SMARTS) is 1. The molecule has 2 unspecified atom stereocenters. The van der Waals surface area contributed by atoms with Gasteiger partial charge in [-0.25, -0.2) is 15.0 Å². The van der Waals surface area contributed by atoms with Crippen molar-refractivity contribution in [3.63, 3.8) is 0 Å². The highest BCUT2D eigenvalue weighted by Crippen LogP contribution is 2.32. The number of anilines is 2. The summed E-state index contributed by atoms with van der Waals surface area (Å²) in [4.78, 5) is 23.5. The fourth-order valence-electron chi connectivity index (χ4n) is 3.26. The Bertz CT molecular complexity index is 1020. The Kier molecular flexibility index (Phi) is 5.11. The molecule has 29 heavy (non-hydrogen) atoms. The molecule has 4 rings (SSSR count). The molecule has 0 amide bonds. The molecule has 11 heteroatoms. The molecule has 0 aliphatic carbocycles. The van der Waals surface area contributed by atoms with Crippen molar-refractivity contribution in [2.45, 2.75) is 31.0 Å². The Morgan fingerprint density at radius 1 is 1.14 bits per heavy atom. The van der Waals surface area contributed by atoms with E-state index >= 15 is 0 Å². The number of ether oxygens (including phenoxy) is 1. The molecule has 4 atom stereocenters. The molecular weight excluding hydrogens is 382 g/mol. The van der Waals surface area contributed by atoms with Crippen molar-refractivity contribution in [2.75, 3.05) is 11.9 Å². The SMILES string of the molecule is O=C(O)Cc1ccc(Nc2ncnc3c2ncn3[C@@H]2O[C@H](CO)C(O)C2O)cc1. The zero-order valence-corrected chi connectivity index (χ0v) is 15.1. The molecule has 1 saturated heterocycles. The third kappa shape index (κ3) is 3.63. The van der Waals surface area contributed by atoms with Crippen LogP contribution in [0.3, 0.4) is 0 Å². The van der Waals surface area contributed by atoms with Crippen molar-refractivity contribution in [2.24, 2.45) is 0 Å². The van der Waals surface area contributed by atoms with E-state index in [9.17, 15) is 20.1 Å². The fraction of sp³-hybridized carbons (Fsp3) is 0.333. The molecule has 1 fully saturated rings. The number of hydrogen-bond acceptors (Lipinski definition) is 9. The third-order valence-electron chi connectivity index (χ3n) is 4.72. The molecule has 1 aliphatic rings. The molecular formula is C18H19N5O6. The number of benzene rings is 1. The highest BCUT2D eigenvalue weighted by Gasteiger charge is 2.44. The zero-order valence-electron chi connectivity index (χ0n) is 15.1. The minimum absolute atomic E-state index is 0.0627. The number of nitrogens with one attached hydrogen (secondary N) is 1. The van der Waals surface area contributed by atoms with Crippen molar-refractivity contribution < 1.29 is 30.0 Å². The summed E-state index contributed by atoms with van der Waals surface area (Å²) in [5, 5.41) is 41.4. The van der Waals surface area contributed by atoms with Crippen LogP contribution < -0.4 is 5.32 Å². The van der Waals surface area contributed by atoms with E-state index in [0.717, 1.165) is 0 Å². The lowest BCUT2D eigenvalue weighted by atomic mass is 10.1. The topological polar surface area (TPSA) is 163 Å². The second-order valence-corrected chi connectivity index (χ2v) is 6.67. The van der Waals surface area contributed by atoms with Crippen molar-refractivity contribution in [3.05, 3.63) is 42.5 Å². The number of rotatable bonds is 6. The van der Waals surface area contributed by atoms with E-state index in [-0.39, 0.29) is 6.42 Å². The summed E-state index contributed by atoms with van der Waals surface area (Å²) in [6.45, 7) is -0.430. The standard InChI is InChI=1S/C18H19N5O6/c24-6-11-14(27)15(28)18(29-11)23-8-21-13-16(19-7-20-17(13)23)22-10-3-1-9(2-4-10)5-12(25)26/h1-4,7-8,11,14-15,18,24,27-28H,5-6H2,(H,25,26)(H,19,20,22)/t11-,14?,15?,18-/m1/s1. The van der Waals surface area contributed by atoms with Gasteiger partial charge >= 0.3 is 5.97 Å². The van der Waals surface area contributed by atoms with Crippen LogP contribution in [0.4, 0.5) is 11.5 Å². The maximum atomic E-state index is 10.8. The maximum absolute atomic E-state index is 10.8. The van der Waals surface area contributed by atoms with Crippen LogP contribution in [0.1, 0.15) is 11.8 Å². The van der Waals surface area contributed by atoms with E-state index in [0.29, 0.717) is 28.2 Å². The summed E-state index contributed by atoms with van der Waals surface area (Å²) < 4.78 is 7.01. The second kappa shape index (κ2) is 7.72. The van der Waals surface area contributed by atoms with E-state index < -0.39 is 37.1 Å². The first-order valence-electron chi connectivity index (χ1n) is 8.85. The summed E-state index contributed by atoms with van der Waals surface area (Å²) in [6, 6.07) is 6.86. The number of aliphatic hydroxyl groups excluding tert-OH is 3. The van der Waals surface area contributed by atoms with Gasteiger partial charge in [0, 0.05) is 5.69 Å². The van der Waals surface area contributed by atoms with Crippen molar-refractivity contribution in [3.8, 4) is 0 Å². The molecule has 5 N–H and O–H groups in total. The molecule has 11 nitrogen and oxygen atoms in total. The van der Waals surface area contributed by atoms with E-state index in [1.54, 1.807) is 24.3 Å². The van der Waals surface area contributed by atoms with Crippen molar-refractivity contribution in [1.82, 2.24) is 19.5 Å². The number of imidazole rings is 1. The van der Waals surface area contributed by atoms with E-state index in [2.05, 4.69) is 20.3 Å². The average molecular weight is 401 g/mol. The number of aromatic nitrogens is 4. The summed E-state index contributed by atoms with van der Waals surface area (Å²) in [6.07, 6.45) is -1.67. The minimum atomic E-state index is -1.25. The Morgan fingerprint density at radius 3 is 2.55 bits per heavy atom. The van der Waals surface area contributed by atoms with Crippen LogP contribution >= 0.6 is 0 Å². The zero-order chi connectivity index (χ0) is 20.5. The molecule has 1 aliphatic heterocycles. The molecule has 0 bridgehead atoms. The van der Waals surface area contributed by atoms with Crippen LogP contribution in [0.15, 0.2) is 36.9 Å². The Hall–Kier alpha value is -3.12. The summed E-state index contributed by atoms with van der Waals surface area (Å²) in [5.41, 5.74) is 2.14. The molecule has 0 saturated carbocycles. The van der Waals surface area contributed by atoms with Gasteiger partial charge in [-0.1, -0.05) is 12.1 Å². The quantitative estimate of drug-likeness (QED) is 0.374. The first kappa shape index (κ1) is 19.2. The van der Waals surface area contributed by atoms with Gasteiger partial charge in [-0.15, -0.1) is 0 Å². The number of fused-ring (bicyclic) bond motifs is 1. The van der Waals surface area contributed by atoms with Gasteiger partial charge in [0.15, 0.2) is 23.2 Å². The Morgan fingerprint density at radius 2 is 1.90 bits per heavy atom. The van der Waals surface area contributed by atoms with Crippen LogP contribution in [0.25, 0.3) is 11.2 Å². The summed E-state index contributed by atoms with van der Waals surface area (Å²) in [7, 11) is 0. The molecule has 1 aromatic carbocycles. The number of hydrogen-bond donors (Lipinski definition) is 5. The number of aliphatic carboxylic acids is 1. The van der Waals surface area contributed by atoms with Gasteiger partial charge in [0.2, 0.25) is 0 Å². The number of carboxylic acids is 1. The number of aliphatic hydroxyl groups is 3. The lowest BCUT2D eigenvalue weighted by molar-refractivity contribution is -0.136. The van der Waals surface area contributed by atoms with Gasteiger partial charge in [-0.3, -0.25) is 9.36 Å². The summed E-state index contributed by atoms with van der Waals surface area (Å²) >= 11 is 0. The van der Waals surface area contributed by atoms with Crippen LogP contribution in [0.2, 0.25) is 0 Å². The fourth-order valence-corrected chi connectivity index (χ4v) is 3.26. The van der Waals surface area contributed by atoms with E-state index in [1.807, 2.05) is 0 Å². The first-order valence-corrected chi connectivity index (χ1v) is 8.85. The minimum Gasteiger partial charge on any atom is -0.481 e. The predicted octanol–water partition coefficient (Wildman–Crippen LogP) is -0.192. The average Bonchev–Trinajstić information content (AvgIpc) is 3.25. The van der Waals surface area contributed by atoms with Gasteiger partial charge in [0.05, 0.1) is 19.4 Å². The third-order valence-corrected chi connectivity index (χ3v) is 4.72. The summed E-state index contributed by atoms with van der Waals surface area (Å²) in [5.74, 6) is -0.495. The Labute approximate surface area is 164 Å².